The summed E-state index contributed by atoms with van der Waals surface area (Å²) in [4.78, 5) is 2.22. The molecule has 0 radical (unpaired) electrons. The molecule has 0 saturated carbocycles. The maximum Gasteiger partial charge on any atom is 0.0172 e. The summed E-state index contributed by atoms with van der Waals surface area (Å²) < 4.78 is 0. The van der Waals surface area contributed by atoms with E-state index in [9.17, 15) is 0 Å². The molecule has 0 aliphatic heterocycles. The van der Waals surface area contributed by atoms with Gasteiger partial charge in [0.25, 0.3) is 0 Å². The molecule has 2 nitrogen and oxygen atoms in total. The maximum atomic E-state index is 5.41. The molecule has 0 aromatic heterocycles. The first-order valence-electron chi connectivity index (χ1n) is 4.45. The van der Waals surface area contributed by atoms with E-state index in [4.69, 9.17) is 11.6 Å². The maximum absolute atomic E-state index is 5.41. The third-order valence-electron chi connectivity index (χ3n) is 1.60. The molecule has 0 aromatic carbocycles. The molecule has 0 amide bonds. The number of nitrogens with zero attached hydrogens (tertiary/aromatic N) is 1. The lowest BCUT2D eigenvalue weighted by Gasteiger charge is -2.13. The van der Waals surface area contributed by atoms with Gasteiger partial charge in [-0.1, -0.05) is 24.6 Å². The van der Waals surface area contributed by atoms with Crippen LogP contribution in [-0.4, -0.2) is 38.1 Å². The van der Waals surface area contributed by atoms with Gasteiger partial charge < -0.3 is 10.2 Å². The van der Waals surface area contributed by atoms with Crippen molar-refractivity contribution < 1.29 is 0 Å². The molecule has 0 spiro atoms. The SMILES string of the molecule is CCCNCCN(C)C/C=C/Cl. The molecule has 0 rings (SSSR count). The highest BCUT2D eigenvalue weighted by Gasteiger charge is 1.92. The van der Waals surface area contributed by atoms with Crippen molar-refractivity contribution in [2.45, 2.75) is 13.3 Å². The third kappa shape index (κ3) is 8.05. The molecule has 0 fully saturated rings. The molecule has 0 atom stereocenters. The minimum atomic E-state index is 0.928. The minimum Gasteiger partial charge on any atom is -0.315 e. The molecule has 0 aromatic rings. The molecular weight excluding hydrogens is 172 g/mol. The molecule has 0 aliphatic carbocycles. The van der Waals surface area contributed by atoms with Crippen LogP contribution in [0.2, 0.25) is 0 Å². The van der Waals surface area contributed by atoms with Crippen molar-refractivity contribution in [2.24, 2.45) is 0 Å². The summed E-state index contributed by atoms with van der Waals surface area (Å²) in [5.74, 6) is 0. The van der Waals surface area contributed by atoms with Crippen molar-refractivity contribution in [1.82, 2.24) is 10.2 Å². The summed E-state index contributed by atoms with van der Waals surface area (Å²) in [5.41, 5.74) is 1.57. The number of likely N-dealkylation sites (N-methyl/N-ethyl adjacent to an activating group) is 1. The third-order valence-corrected chi connectivity index (χ3v) is 1.78. The van der Waals surface area contributed by atoms with Crippen LogP contribution in [0.15, 0.2) is 11.6 Å². The van der Waals surface area contributed by atoms with Crippen LogP contribution in [0.25, 0.3) is 0 Å². The number of hydrogen-bond donors (Lipinski definition) is 1. The van der Waals surface area contributed by atoms with Gasteiger partial charge in [-0.3, -0.25) is 0 Å². The fraction of sp³-hybridized carbons (Fsp3) is 0.778. The normalized spacial score (nSPS) is 11.7. The fourth-order valence-corrected chi connectivity index (χ4v) is 0.962. The van der Waals surface area contributed by atoms with Gasteiger partial charge in [0.2, 0.25) is 0 Å². The second-order valence-corrected chi connectivity index (χ2v) is 3.13. The Morgan fingerprint density at radius 2 is 2.17 bits per heavy atom. The average Bonchev–Trinajstić information content (AvgIpc) is 2.09. The first-order valence-corrected chi connectivity index (χ1v) is 4.89. The monoisotopic (exact) mass is 190 g/mol. The summed E-state index contributed by atoms with van der Waals surface area (Å²) in [5, 5.41) is 3.34. The second kappa shape index (κ2) is 9.04. The summed E-state index contributed by atoms with van der Waals surface area (Å²) in [7, 11) is 2.09. The number of nitrogens with one attached hydrogen (secondary N) is 1. The lowest BCUT2D eigenvalue weighted by Crippen LogP contribution is -2.29. The number of hydrogen-bond acceptors (Lipinski definition) is 2. The van der Waals surface area contributed by atoms with Gasteiger partial charge in [0.1, 0.15) is 0 Å². The molecule has 0 bridgehead atoms. The van der Waals surface area contributed by atoms with E-state index in [2.05, 4.69) is 24.2 Å². The van der Waals surface area contributed by atoms with Crippen LogP contribution in [0.5, 0.6) is 0 Å². The molecule has 12 heavy (non-hydrogen) atoms. The average molecular weight is 191 g/mol. The zero-order valence-corrected chi connectivity index (χ0v) is 8.77. The van der Waals surface area contributed by atoms with E-state index in [0.29, 0.717) is 0 Å². The Kier molecular flexibility index (Phi) is 9.00. The zero-order valence-electron chi connectivity index (χ0n) is 8.02. The quantitative estimate of drug-likeness (QED) is 0.615. The Labute approximate surface area is 80.6 Å². The van der Waals surface area contributed by atoms with E-state index in [1.807, 2.05) is 6.08 Å². The second-order valence-electron chi connectivity index (χ2n) is 2.87. The molecule has 0 saturated heterocycles. The highest BCUT2D eigenvalue weighted by Crippen LogP contribution is 1.84. The van der Waals surface area contributed by atoms with Gasteiger partial charge in [0, 0.05) is 25.2 Å². The van der Waals surface area contributed by atoms with Gasteiger partial charge in [0.05, 0.1) is 0 Å². The standard InChI is InChI=1S/C9H19ClN2/c1-3-6-11-7-9-12(2)8-4-5-10/h4-5,11H,3,6-9H2,1-2H3/b5-4+. The van der Waals surface area contributed by atoms with E-state index < -0.39 is 0 Å². The fourth-order valence-electron chi connectivity index (χ4n) is 0.883. The van der Waals surface area contributed by atoms with E-state index in [1.54, 1.807) is 5.54 Å². The van der Waals surface area contributed by atoms with E-state index >= 15 is 0 Å². The predicted molar refractivity (Wildman–Crippen MR) is 55.7 cm³/mol. The largest absolute Gasteiger partial charge is 0.315 e. The van der Waals surface area contributed by atoms with Crippen molar-refractivity contribution in [1.29, 1.82) is 0 Å². The number of halogens is 1. The van der Waals surface area contributed by atoms with E-state index in [0.717, 1.165) is 26.2 Å². The van der Waals surface area contributed by atoms with Crippen LogP contribution in [0, 0.1) is 0 Å². The highest BCUT2D eigenvalue weighted by atomic mass is 35.5. The molecule has 72 valence electrons. The Morgan fingerprint density at radius 3 is 2.75 bits per heavy atom. The van der Waals surface area contributed by atoms with Crippen molar-refractivity contribution in [3.8, 4) is 0 Å². The van der Waals surface area contributed by atoms with Crippen LogP contribution in [0.1, 0.15) is 13.3 Å². The van der Waals surface area contributed by atoms with Crippen molar-refractivity contribution in [2.75, 3.05) is 33.2 Å². The van der Waals surface area contributed by atoms with Gasteiger partial charge in [-0.25, -0.2) is 0 Å². The Balaban J connectivity index is 3.13. The Hall–Kier alpha value is -0.0500. The number of rotatable bonds is 7. The molecule has 1 N–H and O–H groups in total. The minimum absolute atomic E-state index is 0.928. The highest BCUT2D eigenvalue weighted by molar-refractivity contribution is 6.25. The first kappa shape index (κ1) is 11.9. The van der Waals surface area contributed by atoms with Gasteiger partial charge in [-0.05, 0) is 20.0 Å². The molecular formula is C9H19ClN2. The summed E-state index contributed by atoms with van der Waals surface area (Å²) >= 11 is 5.41. The lowest BCUT2D eigenvalue weighted by atomic mass is 10.4. The van der Waals surface area contributed by atoms with Gasteiger partial charge >= 0.3 is 0 Å². The van der Waals surface area contributed by atoms with Crippen LogP contribution in [0.3, 0.4) is 0 Å². The van der Waals surface area contributed by atoms with Gasteiger partial charge in [-0.15, -0.1) is 0 Å². The Morgan fingerprint density at radius 1 is 1.42 bits per heavy atom. The zero-order chi connectivity index (χ0) is 9.23. The molecule has 0 aliphatic rings. The molecule has 0 unspecified atom stereocenters. The van der Waals surface area contributed by atoms with Crippen LogP contribution >= 0.6 is 11.6 Å². The lowest BCUT2D eigenvalue weighted by molar-refractivity contribution is 0.366. The predicted octanol–water partition coefficient (Wildman–Crippen LogP) is 1.67. The smallest absolute Gasteiger partial charge is 0.0172 e. The first-order chi connectivity index (χ1) is 5.81. The van der Waals surface area contributed by atoms with E-state index in [-0.39, 0.29) is 0 Å². The van der Waals surface area contributed by atoms with Crippen molar-refractivity contribution >= 4 is 11.6 Å². The van der Waals surface area contributed by atoms with E-state index in [1.165, 1.54) is 6.42 Å². The van der Waals surface area contributed by atoms with Gasteiger partial charge in [0.15, 0.2) is 0 Å². The van der Waals surface area contributed by atoms with Crippen molar-refractivity contribution in [3.63, 3.8) is 0 Å². The van der Waals surface area contributed by atoms with Crippen LogP contribution < -0.4 is 5.32 Å². The van der Waals surface area contributed by atoms with Crippen LogP contribution in [0.4, 0.5) is 0 Å². The topological polar surface area (TPSA) is 15.3 Å². The van der Waals surface area contributed by atoms with Crippen LogP contribution in [-0.2, 0) is 0 Å². The Bertz CT molecular complexity index is 115. The summed E-state index contributed by atoms with van der Waals surface area (Å²) in [6.07, 6.45) is 3.15. The molecule has 0 heterocycles. The summed E-state index contributed by atoms with van der Waals surface area (Å²) in [6.45, 7) is 6.34. The summed E-state index contributed by atoms with van der Waals surface area (Å²) in [6, 6.07) is 0. The molecule has 3 heteroatoms. The van der Waals surface area contributed by atoms with Gasteiger partial charge in [-0.2, -0.15) is 0 Å². The van der Waals surface area contributed by atoms with Crippen molar-refractivity contribution in [3.05, 3.63) is 11.6 Å².